The smallest absolute Gasteiger partial charge is 0.135 e. The summed E-state index contributed by atoms with van der Waals surface area (Å²) in [6, 6.07) is 95.7. The van der Waals surface area contributed by atoms with Crippen molar-refractivity contribution in [1.82, 2.24) is 0 Å². The highest BCUT2D eigenvalue weighted by Crippen LogP contribution is 2.59. The van der Waals surface area contributed by atoms with Crippen LogP contribution in [0.5, 0.6) is 0 Å². The number of para-hydroxylation sites is 1. The van der Waals surface area contributed by atoms with Crippen LogP contribution in [-0.4, -0.2) is 0 Å². The average molecular weight is 910 g/mol. The molecule has 3 heteroatoms. The van der Waals surface area contributed by atoms with E-state index in [2.05, 4.69) is 254 Å². The second kappa shape index (κ2) is 16.2. The Kier molecular flexibility index (Phi) is 9.33. The molecule has 1 aliphatic carbocycles. The fourth-order valence-electron chi connectivity index (χ4n) is 11.4. The van der Waals surface area contributed by atoms with Gasteiger partial charge in [-0.2, -0.15) is 0 Å². The summed E-state index contributed by atoms with van der Waals surface area (Å²) >= 11 is 1.88. The molecule has 0 saturated heterocycles. The molecule has 0 amide bonds. The van der Waals surface area contributed by atoms with Crippen molar-refractivity contribution in [2.24, 2.45) is 0 Å². The summed E-state index contributed by atoms with van der Waals surface area (Å²) in [4.78, 5) is 2.48. The zero-order chi connectivity index (χ0) is 46.2. The second-order valence-electron chi connectivity index (χ2n) is 18.3. The highest BCUT2D eigenvalue weighted by atomic mass is 32.1. The van der Waals surface area contributed by atoms with E-state index in [4.69, 9.17) is 4.42 Å². The number of thiophene rings is 1. The van der Waals surface area contributed by atoms with E-state index in [-0.39, 0.29) is 0 Å². The summed E-state index contributed by atoms with van der Waals surface area (Å²) in [5, 5.41) is 4.88. The average Bonchev–Trinajstić information content (AvgIpc) is 4.10. The predicted octanol–water partition coefficient (Wildman–Crippen LogP) is 18.8. The van der Waals surface area contributed by atoms with Crippen LogP contribution in [0.2, 0.25) is 0 Å². The Balaban J connectivity index is 0.926. The SMILES string of the molecule is c1ccc(C2(c3ccccc3)c3ccccc3-c3c(N(c4ccc(-c5ccc(-c6ccc7oc8ccccc8c7c6)cc5)cc4)c4cccc(-c5cccc6c5sc5ccccc56)c4)cccc32)cc1. The molecular weight excluding hydrogens is 867 g/mol. The van der Waals surface area contributed by atoms with Gasteiger partial charge in [-0.05, 0) is 116 Å². The summed E-state index contributed by atoms with van der Waals surface area (Å²) in [6.45, 7) is 0. The summed E-state index contributed by atoms with van der Waals surface area (Å²) in [6.07, 6.45) is 0. The maximum absolute atomic E-state index is 6.13. The number of nitrogens with zero attached hydrogens (tertiary/aromatic N) is 1. The van der Waals surface area contributed by atoms with Gasteiger partial charge >= 0.3 is 0 Å². The first kappa shape index (κ1) is 40.3. The lowest BCUT2D eigenvalue weighted by atomic mass is 9.68. The van der Waals surface area contributed by atoms with Crippen molar-refractivity contribution < 1.29 is 4.42 Å². The lowest BCUT2D eigenvalue weighted by Gasteiger charge is -2.34. The van der Waals surface area contributed by atoms with E-state index in [1.807, 2.05) is 23.5 Å². The minimum Gasteiger partial charge on any atom is -0.456 e. The van der Waals surface area contributed by atoms with E-state index in [0.29, 0.717) is 0 Å². The fraction of sp³-hybridized carbons (Fsp3) is 0.0149. The Hall–Kier alpha value is -8.76. The Morgan fingerprint density at radius 3 is 1.70 bits per heavy atom. The largest absolute Gasteiger partial charge is 0.456 e. The highest BCUT2D eigenvalue weighted by Gasteiger charge is 2.47. The zero-order valence-corrected chi connectivity index (χ0v) is 38.9. The zero-order valence-electron chi connectivity index (χ0n) is 38.1. The van der Waals surface area contributed by atoms with E-state index < -0.39 is 5.41 Å². The van der Waals surface area contributed by atoms with Crippen molar-refractivity contribution in [2.45, 2.75) is 5.41 Å². The number of hydrogen-bond acceptors (Lipinski definition) is 3. The van der Waals surface area contributed by atoms with Gasteiger partial charge in [0.25, 0.3) is 0 Å². The standard InChI is InChI=1S/C67H43NOS/c1-3-17-49(18-4-1)67(50-19-5-2-6-20-50)59-27-10-7-24-57(59)65-60(67)28-15-29-61(65)68(52-21-13-16-48(42-52)53-25-14-26-56-55-23-9-12-31-64(55)70-66(53)56)51-39-36-45(37-40-51)44-32-34-46(35-33-44)47-38-41-63-58(43-47)54-22-8-11-30-62(54)69-63/h1-43H. The maximum atomic E-state index is 6.13. The molecule has 0 atom stereocenters. The molecule has 2 aromatic heterocycles. The van der Waals surface area contributed by atoms with E-state index in [0.717, 1.165) is 44.6 Å². The molecule has 0 bridgehead atoms. The van der Waals surface area contributed by atoms with Gasteiger partial charge in [-0.15, -0.1) is 11.3 Å². The lowest BCUT2D eigenvalue weighted by molar-refractivity contribution is 0.669. The number of fused-ring (bicyclic) bond motifs is 9. The molecule has 70 heavy (non-hydrogen) atoms. The Morgan fingerprint density at radius 1 is 0.343 bits per heavy atom. The van der Waals surface area contributed by atoms with Crippen molar-refractivity contribution in [3.05, 3.63) is 283 Å². The third-order valence-corrected chi connectivity index (χ3v) is 15.8. The van der Waals surface area contributed by atoms with Gasteiger partial charge in [0.15, 0.2) is 0 Å². The van der Waals surface area contributed by atoms with Crippen molar-refractivity contribution in [1.29, 1.82) is 0 Å². The maximum Gasteiger partial charge on any atom is 0.135 e. The van der Waals surface area contributed by atoms with Crippen LogP contribution in [0.15, 0.2) is 265 Å². The van der Waals surface area contributed by atoms with Crippen LogP contribution in [-0.2, 0) is 5.41 Å². The van der Waals surface area contributed by atoms with Crippen LogP contribution < -0.4 is 4.90 Å². The van der Waals surface area contributed by atoms with Gasteiger partial charge in [0.05, 0.1) is 11.1 Å². The third-order valence-electron chi connectivity index (χ3n) is 14.6. The molecule has 11 aromatic carbocycles. The summed E-state index contributed by atoms with van der Waals surface area (Å²) < 4.78 is 8.75. The number of furan rings is 1. The van der Waals surface area contributed by atoms with Crippen LogP contribution in [0.1, 0.15) is 22.3 Å². The van der Waals surface area contributed by atoms with Crippen molar-refractivity contribution in [2.75, 3.05) is 4.90 Å². The minimum absolute atomic E-state index is 0.525. The van der Waals surface area contributed by atoms with Gasteiger partial charge in [0.2, 0.25) is 0 Å². The molecular formula is C67H43NOS. The number of benzene rings is 11. The fourth-order valence-corrected chi connectivity index (χ4v) is 12.7. The molecule has 13 aromatic rings. The minimum atomic E-state index is -0.525. The molecule has 14 rings (SSSR count). The van der Waals surface area contributed by atoms with Crippen LogP contribution in [0.25, 0.3) is 86.6 Å². The van der Waals surface area contributed by atoms with Gasteiger partial charge < -0.3 is 9.32 Å². The topological polar surface area (TPSA) is 16.4 Å². The van der Waals surface area contributed by atoms with Gasteiger partial charge in [-0.25, -0.2) is 0 Å². The van der Waals surface area contributed by atoms with Crippen LogP contribution in [0.4, 0.5) is 17.1 Å². The number of rotatable bonds is 8. The van der Waals surface area contributed by atoms with E-state index >= 15 is 0 Å². The van der Waals surface area contributed by atoms with E-state index in [1.54, 1.807) is 0 Å². The Morgan fingerprint density at radius 2 is 0.914 bits per heavy atom. The molecule has 0 N–H and O–H groups in total. The molecule has 0 unspecified atom stereocenters. The quantitative estimate of drug-likeness (QED) is 0.151. The molecule has 1 aliphatic rings. The van der Waals surface area contributed by atoms with Gasteiger partial charge in [-0.3, -0.25) is 0 Å². The van der Waals surface area contributed by atoms with Crippen LogP contribution in [0.3, 0.4) is 0 Å². The highest BCUT2D eigenvalue weighted by molar-refractivity contribution is 7.26. The Labute approximate surface area is 410 Å². The molecule has 2 nitrogen and oxygen atoms in total. The van der Waals surface area contributed by atoms with Crippen molar-refractivity contribution in [3.8, 4) is 44.5 Å². The number of anilines is 3. The molecule has 0 aliphatic heterocycles. The second-order valence-corrected chi connectivity index (χ2v) is 19.4. The van der Waals surface area contributed by atoms with Crippen molar-refractivity contribution >= 4 is 70.5 Å². The lowest BCUT2D eigenvalue weighted by Crippen LogP contribution is -2.28. The summed E-state index contributed by atoms with van der Waals surface area (Å²) in [5.41, 5.74) is 19.3. The Bertz CT molecular complexity index is 4070. The third kappa shape index (κ3) is 6.25. The van der Waals surface area contributed by atoms with Crippen LogP contribution >= 0.6 is 11.3 Å². The summed E-state index contributed by atoms with van der Waals surface area (Å²) in [5.74, 6) is 0. The first-order chi connectivity index (χ1) is 34.7. The summed E-state index contributed by atoms with van der Waals surface area (Å²) in [7, 11) is 0. The molecule has 0 spiro atoms. The molecule has 0 saturated carbocycles. The number of hydrogen-bond donors (Lipinski definition) is 0. The van der Waals surface area contributed by atoms with Crippen molar-refractivity contribution in [3.63, 3.8) is 0 Å². The normalized spacial score (nSPS) is 12.7. The van der Waals surface area contributed by atoms with Gasteiger partial charge in [-0.1, -0.05) is 206 Å². The monoisotopic (exact) mass is 909 g/mol. The molecule has 0 radical (unpaired) electrons. The van der Waals surface area contributed by atoms with Crippen LogP contribution in [0, 0.1) is 0 Å². The first-order valence-electron chi connectivity index (χ1n) is 24.0. The first-order valence-corrected chi connectivity index (χ1v) is 24.8. The molecule has 0 fully saturated rings. The van der Waals surface area contributed by atoms with Gasteiger partial charge in [0.1, 0.15) is 11.2 Å². The predicted molar refractivity (Wildman–Crippen MR) is 295 cm³/mol. The van der Waals surface area contributed by atoms with Gasteiger partial charge in [0, 0.05) is 47.9 Å². The molecule has 328 valence electrons. The molecule has 2 heterocycles. The van der Waals surface area contributed by atoms with E-state index in [9.17, 15) is 0 Å². The van der Waals surface area contributed by atoms with E-state index in [1.165, 1.54) is 81.4 Å².